The standard InChI is InChI=1S/C57H42.C2H4/c1(2-5-25-47(38-42-19-8-9-20-42)44-21-6-3-7-22-44)4-18-43-36-37-56(50-30-14-28-48(40-50)54-34-16-26-45-23-10-12-32-52(45)54)57(39-43)51-31-15-29-49(41-51)55-35-17-27-46-24-11-13-33-53(46)55;1-2/h1-19,21-35,37,39-41H,36,38H2;1-2H2/b4-1+,5-2-,43-18+,47-25-;. The first kappa shape index (κ1) is 38.4. The first-order valence-electron chi connectivity index (χ1n) is 20.3. The summed E-state index contributed by atoms with van der Waals surface area (Å²) in [7, 11) is 0. The van der Waals surface area contributed by atoms with Crippen LogP contribution >= 0.6 is 0 Å². The zero-order valence-corrected chi connectivity index (χ0v) is 33.3. The van der Waals surface area contributed by atoms with Crippen LogP contribution < -0.4 is 0 Å². The van der Waals surface area contributed by atoms with Gasteiger partial charge in [-0.1, -0.05) is 212 Å². The molecule has 2 aliphatic carbocycles. The number of hydrogen-bond acceptors (Lipinski definition) is 0. The van der Waals surface area contributed by atoms with E-state index in [4.69, 9.17) is 0 Å². The molecule has 0 unspecified atom stereocenters. The second-order valence-corrected chi connectivity index (χ2v) is 14.5. The fraction of sp³-hybridized carbons (Fsp3) is 0.0339. The van der Waals surface area contributed by atoms with Gasteiger partial charge in [-0.3, -0.25) is 0 Å². The minimum absolute atomic E-state index is 0.850. The highest BCUT2D eigenvalue weighted by Crippen LogP contribution is 2.41. The topological polar surface area (TPSA) is 0 Å². The van der Waals surface area contributed by atoms with Crippen LogP contribution in [0.1, 0.15) is 29.5 Å². The Morgan fingerprint density at radius 1 is 0.542 bits per heavy atom. The summed E-state index contributed by atoms with van der Waals surface area (Å²) < 4.78 is 0. The Kier molecular flexibility index (Phi) is 12.1. The molecule has 282 valence electrons. The second kappa shape index (κ2) is 18.6. The Bertz CT molecular complexity index is 2920. The Labute approximate surface area is 349 Å². The highest BCUT2D eigenvalue weighted by Gasteiger charge is 2.17. The number of rotatable bonds is 10. The highest BCUT2D eigenvalue weighted by molar-refractivity contribution is 6.08. The van der Waals surface area contributed by atoms with Gasteiger partial charge in [0.05, 0.1) is 0 Å². The van der Waals surface area contributed by atoms with Crippen molar-refractivity contribution in [2.24, 2.45) is 0 Å². The molecule has 0 spiro atoms. The van der Waals surface area contributed by atoms with Gasteiger partial charge in [-0.05, 0) is 113 Å². The Morgan fingerprint density at radius 3 is 1.75 bits per heavy atom. The van der Waals surface area contributed by atoms with Crippen LogP contribution in [0.4, 0.5) is 0 Å². The molecule has 0 saturated carbocycles. The van der Waals surface area contributed by atoms with Crippen molar-refractivity contribution in [1.82, 2.24) is 0 Å². The molecule has 0 bridgehead atoms. The van der Waals surface area contributed by atoms with E-state index in [1.807, 2.05) is 6.08 Å². The van der Waals surface area contributed by atoms with Crippen LogP contribution in [0.25, 0.3) is 60.5 Å². The van der Waals surface area contributed by atoms with Crippen LogP contribution in [0, 0.1) is 0 Å². The molecular weight excluding hydrogens is 709 g/mol. The Balaban J connectivity index is 0.00000238. The summed E-state index contributed by atoms with van der Waals surface area (Å²) in [6.07, 6.45) is 25.7. The second-order valence-electron chi connectivity index (χ2n) is 14.5. The van der Waals surface area contributed by atoms with Crippen molar-refractivity contribution in [2.45, 2.75) is 12.8 Å². The smallest absolute Gasteiger partial charge is 0.00538 e. The molecule has 0 radical (unpaired) electrons. The fourth-order valence-corrected chi connectivity index (χ4v) is 8.01. The molecule has 0 heterocycles. The van der Waals surface area contributed by atoms with E-state index in [0.29, 0.717) is 0 Å². The van der Waals surface area contributed by atoms with Gasteiger partial charge in [-0.15, -0.1) is 18.9 Å². The fourth-order valence-electron chi connectivity index (χ4n) is 8.01. The Morgan fingerprint density at radius 2 is 1.10 bits per heavy atom. The summed E-state index contributed by atoms with van der Waals surface area (Å²) in [5.41, 5.74) is 18.2. The van der Waals surface area contributed by atoms with Crippen LogP contribution in [0.15, 0.2) is 261 Å². The van der Waals surface area contributed by atoms with Gasteiger partial charge in [-0.25, -0.2) is 0 Å². The summed E-state index contributed by atoms with van der Waals surface area (Å²) in [4.78, 5) is 0. The summed E-state index contributed by atoms with van der Waals surface area (Å²) in [6.45, 7) is 6.00. The Hall–Kier alpha value is -7.50. The first-order chi connectivity index (χ1) is 29.3. The van der Waals surface area contributed by atoms with Gasteiger partial charge in [0.25, 0.3) is 0 Å². The van der Waals surface area contributed by atoms with E-state index < -0.39 is 0 Å². The molecular formula is C59H46. The van der Waals surface area contributed by atoms with Crippen molar-refractivity contribution in [3.05, 3.63) is 277 Å². The molecule has 0 N–H and O–H groups in total. The van der Waals surface area contributed by atoms with Crippen molar-refractivity contribution in [1.29, 1.82) is 0 Å². The number of fused-ring (bicyclic) bond motifs is 2. The van der Waals surface area contributed by atoms with Crippen LogP contribution in [0.3, 0.4) is 0 Å². The van der Waals surface area contributed by atoms with Crippen molar-refractivity contribution in [3.63, 3.8) is 0 Å². The predicted molar refractivity (Wildman–Crippen MR) is 257 cm³/mol. The van der Waals surface area contributed by atoms with E-state index in [1.54, 1.807) is 0 Å². The van der Waals surface area contributed by atoms with Crippen molar-refractivity contribution in [2.75, 3.05) is 0 Å². The molecule has 0 atom stereocenters. The van der Waals surface area contributed by atoms with Crippen molar-refractivity contribution in [3.8, 4) is 22.3 Å². The molecule has 0 amide bonds. The first-order valence-corrected chi connectivity index (χ1v) is 20.3. The zero-order valence-electron chi connectivity index (χ0n) is 33.3. The van der Waals surface area contributed by atoms with E-state index in [2.05, 4.69) is 243 Å². The normalized spacial score (nSPS) is 14.5. The lowest BCUT2D eigenvalue weighted by Crippen LogP contribution is -1.98. The quantitative estimate of drug-likeness (QED) is 0.0741. The van der Waals surface area contributed by atoms with Gasteiger partial charge >= 0.3 is 0 Å². The van der Waals surface area contributed by atoms with Crippen LogP contribution in [-0.2, 0) is 0 Å². The average molecular weight is 755 g/mol. The third-order valence-corrected chi connectivity index (χ3v) is 10.8. The molecule has 0 aliphatic heterocycles. The summed E-state index contributed by atoms with van der Waals surface area (Å²) in [5.74, 6) is 0. The number of hydrogen-bond donors (Lipinski definition) is 0. The van der Waals surface area contributed by atoms with Crippen LogP contribution in [0.2, 0.25) is 0 Å². The molecule has 0 fully saturated rings. The summed E-state index contributed by atoms with van der Waals surface area (Å²) >= 11 is 0. The lowest BCUT2D eigenvalue weighted by Gasteiger charge is -2.20. The van der Waals surface area contributed by atoms with Gasteiger partial charge in [0.1, 0.15) is 0 Å². The summed E-state index contributed by atoms with van der Waals surface area (Å²) in [6, 6.07) is 59.2. The maximum atomic E-state index is 3.35. The molecule has 59 heavy (non-hydrogen) atoms. The summed E-state index contributed by atoms with van der Waals surface area (Å²) in [5, 5.41) is 5.04. The van der Waals surface area contributed by atoms with Crippen LogP contribution in [-0.4, -0.2) is 0 Å². The molecule has 0 saturated heterocycles. The SMILES string of the molecule is C1=CC=CC=1C/C(=C/C=C\C=C\C=C1\C=C(c2cccc(-c3cccc4ccccc34)c2)C(c2cccc(-c3cccc4ccccc34)c2)=CC1)c1ccccc1.C=C. The van der Waals surface area contributed by atoms with E-state index in [0.717, 1.165) is 12.8 Å². The molecule has 2 aliphatic rings. The maximum Gasteiger partial charge on any atom is 0.00538 e. The van der Waals surface area contributed by atoms with Crippen molar-refractivity contribution >= 4 is 38.3 Å². The lowest BCUT2D eigenvalue weighted by atomic mass is 9.83. The van der Waals surface area contributed by atoms with Gasteiger partial charge in [0.15, 0.2) is 0 Å². The highest BCUT2D eigenvalue weighted by atomic mass is 14.2. The third kappa shape index (κ3) is 8.90. The monoisotopic (exact) mass is 754 g/mol. The lowest BCUT2D eigenvalue weighted by molar-refractivity contribution is 1.27. The molecule has 7 aromatic rings. The zero-order chi connectivity index (χ0) is 40.2. The minimum atomic E-state index is 0.850. The minimum Gasteiger partial charge on any atom is -0.117 e. The number of benzene rings is 7. The molecule has 0 nitrogen and oxygen atoms in total. The van der Waals surface area contributed by atoms with E-state index in [9.17, 15) is 0 Å². The predicted octanol–water partition coefficient (Wildman–Crippen LogP) is 16.2. The van der Waals surface area contributed by atoms with Crippen molar-refractivity contribution < 1.29 is 0 Å². The maximum absolute atomic E-state index is 3.35. The van der Waals surface area contributed by atoms with Gasteiger partial charge in [0.2, 0.25) is 0 Å². The van der Waals surface area contributed by atoms with E-state index in [-0.39, 0.29) is 0 Å². The molecule has 7 aromatic carbocycles. The molecule has 0 aromatic heterocycles. The van der Waals surface area contributed by atoms with E-state index in [1.165, 1.54) is 88.4 Å². The van der Waals surface area contributed by atoms with Gasteiger partial charge in [0, 0.05) is 6.42 Å². The number of allylic oxidation sites excluding steroid dienone is 15. The average Bonchev–Trinajstić information content (AvgIpc) is 3.84. The largest absolute Gasteiger partial charge is 0.117 e. The molecule has 0 heteroatoms. The third-order valence-electron chi connectivity index (χ3n) is 10.8. The van der Waals surface area contributed by atoms with Gasteiger partial charge < -0.3 is 0 Å². The molecule has 9 rings (SSSR count). The van der Waals surface area contributed by atoms with Gasteiger partial charge in [-0.2, -0.15) is 0 Å². The van der Waals surface area contributed by atoms with Crippen LogP contribution in [0.5, 0.6) is 0 Å². The van der Waals surface area contributed by atoms with E-state index >= 15 is 0 Å².